The average Bonchev–Trinajstić information content (AvgIpc) is 2.48. The number of esters is 1. The highest BCUT2D eigenvalue weighted by Crippen LogP contribution is 2.41. The van der Waals surface area contributed by atoms with Gasteiger partial charge in [0.05, 0.1) is 0 Å². The number of carbonyl (C=O) groups excluding carboxylic acids is 1. The van der Waals surface area contributed by atoms with E-state index in [1.54, 1.807) is 6.07 Å². The minimum absolute atomic E-state index is 0.313. The Morgan fingerprint density at radius 3 is 2.27 bits per heavy atom. The minimum Gasteiger partial charge on any atom is -0.454 e. The summed E-state index contributed by atoms with van der Waals surface area (Å²) in [5.74, 6) is -2.03. The van der Waals surface area contributed by atoms with Crippen LogP contribution in [0.2, 0.25) is 0 Å². The molecule has 1 fully saturated rings. The first kappa shape index (κ1) is 14.9. The molecule has 0 radical (unpaired) electrons. The van der Waals surface area contributed by atoms with Crippen LogP contribution >= 0.6 is 0 Å². The number of fused-ring (bicyclic) bond motifs is 1. The molecule has 0 bridgehead atoms. The van der Waals surface area contributed by atoms with Crippen molar-refractivity contribution in [1.29, 1.82) is 0 Å². The van der Waals surface area contributed by atoms with Gasteiger partial charge in [0.15, 0.2) is 11.6 Å². The lowest BCUT2D eigenvalue weighted by Crippen LogP contribution is -2.34. The van der Waals surface area contributed by atoms with E-state index in [1.807, 2.05) is 12.1 Å². The predicted octanol–water partition coefficient (Wildman–Crippen LogP) is 4.84. The van der Waals surface area contributed by atoms with Crippen LogP contribution in [0.25, 0.3) is 10.8 Å². The molecule has 0 saturated heterocycles. The summed E-state index contributed by atoms with van der Waals surface area (Å²) in [6.07, 6.45) is 4.63. The van der Waals surface area contributed by atoms with E-state index in [1.165, 1.54) is 19.1 Å². The fourth-order valence-electron chi connectivity index (χ4n) is 3.37. The van der Waals surface area contributed by atoms with Crippen molar-refractivity contribution >= 4 is 16.7 Å². The summed E-state index contributed by atoms with van der Waals surface area (Å²) in [5.41, 5.74) is 0.226. The van der Waals surface area contributed by atoms with Crippen molar-refractivity contribution in [3.8, 4) is 0 Å². The van der Waals surface area contributed by atoms with Gasteiger partial charge in [-0.25, -0.2) is 8.78 Å². The quantitative estimate of drug-likeness (QED) is 0.742. The molecule has 0 unspecified atom stereocenters. The largest absolute Gasteiger partial charge is 0.454 e. The summed E-state index contributed by atoms with van der Waals surface area (Å²) in [5, 5.41) is 1.25. The molecule has 1 aliphatic rings. The Hall–Kier alpha value is -1.97. The Labute approximate surface area is 128 Å². The Morgan fingerprint density at radius 2 is 1.64 bits per heavy atom. The van der Waals surface area contributed by atoms with Crippen LogP contribution < -0.4 is 0 Å². The van der Waals surface area contributed by atoms with Gasteiger partial charge in [-0.3, -0.25) is 4.79 Å². The zero-order valence-electron chi connectivity index (χ0n) is 12.5. The lowest BCUT2D eigenvalue weighted by atomic mass is 9.79. The average molecular weight is 304 g/mol. The SMILES string of the molecule is CC(=O)OC1(c2ccc3cc(F)c(F)cc3c2)CCCCC1. The number of hydrogen-bond donors (Lipinski definition) is 0. The van der Waals surface area contributed by atoms with Gasteiger partial charge in [0.2, 0.25) is 0 Å². The van der Waals surface area contributed by atoms with Crippen LogP contribution in [-0.2, 0) is 15.1 Å². The fourth-order valence-corrected chi connectivity index (χ4v) is 3.37. The Kier molecular flexibility index (Phi) is 3.85. The third kappa shape index (κ3) is 2.70. The lowest BCUT2D eigenvalue weighted by Gasteiger charge is -2.37. The second-order valence-electron chi connectivity index (χ2n) is 5.98. The molecule has 116 valence electrons. The van der Waals surface area contributed by atoms with E-state index in [4.69, 9.17) is 4.74 Å². The summed E-state index contributed by atoms with van der Waals surface area (Å²) in [6.45, 7) is 1.41. The van der Waals surface area contributed by atoms with Gasteiger partial charge in [0, 0.05) is 6.92 Å². The Bertz CT molecular complexity index is 718. The third-order valence-corrected chi connectivity index (χ3v) is 4.41. The molecule has 2 nitrogen and oxygen atoms in total. The van der Waals surface area contributed by atoms with Gasteiger partial charge in [-0.2, -0.15) is 0 Å². The molecule has 0 atom stereocenters. The van der Waals surface area contributed by atoms with Gasteiger partial charge < -0.3 is 4.74 Å². The van der Waals surface area contributed by atoms with Gasteiger partial charge in [-0.1, -0.05) is 18.6 Å². The number of halogens is 2. The van der Waals surface area contributed by atoms with Crippen molar-refractivity contribution in [2.45, 2.75) is 44.6 Å². The molecule has 4 heteroatoms. The number of carbonyl (C=O) groups is 1. The zero-order chi connectivity index (χ0) is 15.7. The van der Waals surface area contributed by atoms with E-state index in [2.05, 4.69) is 0 Å². The number of benzene rings is 2. The van der Waals surface area contributed by atoms with Crippen molar-refractivity contribution in [2.24, 2.45) is 0 Å². The van der Waals surface area contributed by atoms with Crippen LogP contribution in [0.5, 0.6) is 0 Å². The molecule has 0 N–H and O–H groups in total. The molecule has 0 amide bonds. The predicted molar refractivity (Wildman–Crippen MR) is 80.4 cm³/mol. The third-order valence-electron chi connectivity index (χ3n) is 4.41. The number of rotatable bonds is 2. The highest BCUT2D eigenvalue weighted by molar-refractivity contribution is 5.83. The minimum atomic E-state index is -0.866. The van der Waals surface area contributed by atoms with Crippen molar-refractivity contribution in [3.63, 3.8) is 0 Å². The molecular weight excluding hydrogens is 286 g/mol. The highest BCUT2D eigenvalue weighted by atomic mass is 19.2. The van der Waals surface area contributed by atoms with Gasteiger partial charge in [-0.15, -0.1) is 0 Å². The summed E-state index contributed by atoms with van der Waals surface area (Å²) < 4.78 is 32.4. The standard InChI is InChI=1S/C18H18F2O2/c1-12(21)22-18(7-3-2-4-8-18)15-6-5-13-10-16(19)17(20)11-14(13)9-15/h5-6,9-11H,2-4,7-8H2,1H3. The maximum atomic E-state index is 13.5. The fraction of sp³-hybridized carbons (Fsp3) is 0.389. The molecule has 1 saturated carbocycles. The van der Waals surface area contributed by atoms with Crippen LogP contribution in [0.1, 0.15) is 44.6 Å². The van der Waals surface area contributed by atoms with Crippen molar-refractivity contribution in [1.82, 2.24) is 0 Å². The summed E-state index contributed by atoms with van der Waals surface area (Å²) in [4.78, 5) is 11.5. The first-order valence-corrected chi connectivity index (χ1v) is 7.59. The van der Waals surface area contributed by atoms with E-state index in [-0.39, 0.29) is 5.97 Å². The number of ether oxygens (including phenoxy) is 1. The monoisotopic (exact) mass is 304 g/mol. The van der Waals surface area contributed by atoms with Crippen LogP contribution in [0, 0.1) is 11.6 Å². The van der Waals surface area contributed by atoms with Gasteiger partial charge in [-0.05, 0) is 60.2 Å². The summed E-state index contributed by atoms with van der Waals surface area (Å²) in [6, 6.07) is 7.80. The van der Waals surface area contributed by atoms with Crippen LogP contribution in [0.15, 0.2) is 30.3 Å². The maximum Gasteiger partial charge on any atom is 0.303 e. The van der Waals surface area contributed by atoms with Crippen LogP contribution in [0.4, 0.5) is 8.78 Å². The molecule has 0 heterocycles. The molecule has 22 heavy (non-hydrogen) atoms. The lowest BCUT2D eigenvalue weighted by molar-refractivity contribution is -0.162. The van der Waals surface area contributed by atoms with E-state index < -0.39 is 17.2 Å². The molecule has 1 aliphatic carbocycles. The van der Waals surface area contributed by atoms with Crippen molar-refractivity contribution < 1.29 is 18.3 Å². The van der Waals surface area contributed by atoms with E-state index >= 15 is 0 Å². The first-order valence-electron chi connectivity index (χ1n) is 7.59. The van der Waals surface area contributed by atoms with Crippen LogP contribution in [0.3, 0.4) is 0 Å². The molecule has 2 aromatic rings. The van der Waals surface area contributed by atoms with Crippen molar-refractivity contribution in [3.05, 3.63) is 47.5 Å². The van der Waals surface area contributed by atoms with Crippen LogP contribution in [-0.4, -0.2) is 5.97 Å². The summed E-state index contributed by atoms with van der Waals surface area (Å²) in [7, 11) is 0. The second-order valence-corrected chi connectivity index (χ2v) is 5.98. The second kappa shape index (κ2) is 5.67. The number of hydrogen-bond acceptors (Lipinski definition) is 2. The van der Waals surface area contributed by atoms with Gasteiger partial charge >= 0.3 is 5.97 Å². The highest BCUT2D eigenvalue weighted by Gasteiger charge is 2.37. The van der Waals surface area contributed by atoms with Gasteiger partial charge in [0.25, 0.3) is 0 Å². The van der Waals surface area contributed by atoms with E-state index in [0.29, 0.717) is 10.8 Å². The molecular formula is C18H18F2O2. The van der Waals surface area contributed by atoms with Crippen molar-refractivity contribution in [2.75, 3.05) is 0 Å². The van der Waals surface area contributed by atoms with E-state index in [0.717, 1.165) is 37.7 Å². The molecule has 2 aromatic carbocycles. The molecule has 0 spiro atoms. The molecule has 0 aliphatic heterocycles. The Morgan fingerprint density at radius 1 is 1.00 bits per heavy atom. The van der Waals surface area contributed by atoms with Gasteiger partial charge in [0.1, 0.15) is 5.60 Å². The smallest absolute Gasteiger partial charge is 0.303 e. The topological polar surface area (TPSA) is 26.3 Å². The zero-order valence-corrected chi connectivity index (χ0v) is 12.5. The summed E-state index contributed by atoms with van der Waals surface area (Å²) >= 11 is 0. The normalized spacial score (nSPS) is 17.4. The molecule has 3 rings (SSSR count). The maximum absolute atomic E-state index is 13.5. The van der Waals surface area contributed by atoms with E-state index in [9.17, 15) is 13.6 Å². The first-order chi connectivity index (χ1) is 10.5. The molecule has 0 aromatic heterocycles. The Balaban J connectivity index is 2.09.